The highest BCUT2D eigenvalue weighted by atomic mass is 16.5. The molecule has 0 atom stereocenters. The third-order valence-corrected chi connectivity index (χ3v) is 2.62. The molecular formula is C14H14N2O2. The van der Waals surface area contributed by atoms with Gasteiger partial charge in [0.25, 0.3) is 0 Å². The number of pyridine rings is 1. The first-order valence-corrected chi connectivity index (χ1v) is 5.60. The van der Waals surface area contributed by atoms with Crippen LogP contribution in [-0.2, 0) is 11.3 Å². The number of hydrogen-bond donors (Lipinski definition) is 1. The molecule has 0 spiro atoms. The van der Waals surface area contributed by atoms with Crippen LogP contribution >= 0.6 is 0 Å². The van der Waals surface area contributed by atoms with Crippen molar-refractivity contribution in [2.75, 3.05) is 7.11 Å². The molecule has 0 radical (unpaired) electrons. The van der Waals surface area contributed by atoms with Gasteiger partial charge in [-0.3, -0.25) is 4.79 Å². The summed E-state index contributed by atoms with van der Waals surface area (Å²) in [6.45, 7) is 0.546. The maximum atomic E-state index is 10.2. The van der Waals surface area contributed by atoms with Gasteiger partial charge in [-0.2, -0.15) is 0 Å². The second-order valence-electron chi connectivity index (χ2n) is 3.78. The predicted octanol–water partition coefficient (Wildman–Crippen LogP) is 2.00. The fourth-order valence-electron chi connectivity index (χ4n) is 1.65. The molecule has 0 aliphatic heterocycles. The first kappa shape index (κ1) is 12.1. The van der Waals surface area contributed by atoms with Crippen molar-refractivity contribution in [2.45, 2.75) is 6.54 Å². The smallest absolute Gasteiger partial charge is 0.212 e. The molecule has 1 amide bonds. The number of carbonyl (C=O) groups is 1. The van der Waals surface area contributed by atoms with Crippen LogP contribution in [0.25, 0.3) is 11.1 Å². The van der Waals surface area contributed by atoms with Gasteiger partial charge in [-0.25, -0.2) is 4.98 Å². The summed E-state index contributed by atoms with van der Waals surface area (Å²) in [6.07, 6.45) is 2.47. The summed E-state index contributed by atoms with van der Waals surface area (Å²) in [5.74, 6) is 0.602. The molecule has 0 saturated heterocycles. The average Bonchev–Trinajstić information content (AvgIpc) is 2.46. The second-order valence-corrected chi connectivity index (χ2v) is 3.78. The maximum Gasteiger partial charge on any atom is 0.212 e. The summed E-state index contributed by atoms with van der Waals surface area (Å²) < 4.78 is 5.02. The van der Waals surface area contributed by atoms with E-state index in [2.05, 4.69) is 10.3 Å². The summed E-state index contributed by atoms with van der Waals surface area (Å²) in [5, 5.41) is 2.63. The zero-order chi connectivity index (χ0) is 12.8. The monoisotopic (exact) mass is 242 g/mol. The van der Waals surface area contributed by atoms with Gasteiger partial charge in [0, 0.05) is 24.4 Å². The Balaban J connectivity index is 2.14. The molecule has 1 aromatic carbocycles. The maximum absolute atomic E-state index is 10.2. The Morgan fingerprint density at radius 2 is 1.89 bits per heavy atom. The van der Waals surface area contributed by atoms with Crippen LogP contribution in [0.15, 0.2) is 42.6 Å². The van der Waals surface area contributed by atoms with Crippen molar-refractivity contribution >= 4 is 6.41 Å². The molecule has 1 heterocycles. The molecule has 4 heteroatoms. The molecule has 0 aliphatic carbocycles. The van der Waals surface area contributed by atoms with E-state index in [0.717, 1.165) is 16.7 Å². The highest BCUT2D eigenvalue weighted by Gasteiger charge is 1.99. The van der Waals surface area contributed by atoms with Gasteiger partial charge < -0.3 is 10.1 Å². The molecule has 0 unspecified atom stereocenters. The molecule has 92 valence electrons. The quantitative estimate of drug-likeness (QED) is 0.816. The summed E-state index contributed by atoms with van der Waals surface area (Å²) in [6, 6.07) is 11.8. The van der Waals surface area contributed by atoms with Crippen LogP contribution < -0.4 is 10.1 Å². The molecule has 18 heavy (non-hydrogen) atoms. The highest BCUT2D eigenvalue weighted by molar-refractivity contribution is 5.63. The van der Waals surface area contributed by atoms with Gasteiger partial charge in [0.05, 0.1) is 7.11 Å². The minimum atomic E-state index is 0.546. The number of carbonyl (C=O) groups excluding carboxylic acids is 1. The number of rotatable bonds is 5. The van der Waals surface area contributed by atoms with Crippen molar-refractivity contribution in [2.24, 2.45) is 0 Å². The van der Waals surface area contributed by atoms with E-state index < -0.39 is 0 Å². The van der Waals surface area contributed by atoms with E-state index >= 15 is 0 Å². The molecule has 0 aliphatic rings. The minimum Gasteiger partial charge on any atom is -0.481 e. The first-order chi connectivity index (χ1) is 8.83. The zero-order valence-electron chi connectivity index (χ0n) is 10.1. The van der Waals surface area contributed by atoms with E-state index in [1.165, 1.54) is 0 Å². The fourth-order valence-corrected chi connectivity index (χ4v) is 1.65. The van der Waals surface area contributed by atoms with Gasteiger partial charge in [0.2, 0.25) is 12.3 Å². The van der Waals surface area contributed by atoms with Crippen molar-refractivity contribution in [1.29, 1.82) is 0 Å². The van der Waals surface area contributed by atoms with E-state index in [0.29, 0.717) is 18.8 Å². The molecule has 4 nitrogen and oxygen atoms in total. The van der Waals surface area contributed by atoms with E-state index in [1.54, 1.807) is 13.3 Å². The molecule has 2 aromatic rings. The van der Waals surface area contributed by atoms with E-state index in [-0.39, 0.29) is 0 Å². The lowest BCUT2D eigenvalue weighted by atomic mass is 10.1. The van der Waals surface area contributed by atoms with Gasteiger partial charge in [0.15, 0.2) is 0 Å². The zero-order valence-corrected chi connectivity index (χ0v) is 10.1. The largest absolute Gasteiger partial charge is 0.481 e. The highest BCUT2D eigenvalue weighted by Crippen LogP contribution is 2.20. The fraction of sp³-hybridized carbons (Fsp3) is 0.143. The predicted molar refractivity (Wildman–Crippen MR) is 69.1 cm³/mol. The SMILES string of the molecule is COc1ccc(-c2ccc(CNC=O)cc2)cn1. The van der Waals surface area contributed by atoms with Crippen molar-refractivity contribution < 1.29 is 9.53 Å². The minimum absolute atomic E-state index is 0.546. The number of nitrogens with zero attached hydrogens (tertiary/aromatic N) is 1. The van der Waals surface area contributed by atoms with Crippen molar-refractivity contribution in [3.05, 3.63) is 48.2 Å². The van der Waals surface area contributed by atoms with Crippen LogP contribution in [0.3, 0.4) is 0 Å². The summed E-state index contributed by atoms with van der Waals surface area (Å²) in [7, 11) is 1.59. The number of benzene rings is 1. The topological polar surface area (TPSA) is 51.2 Å². The molecule has 1 aromatic heterocycles. The lowest BCUT2D eigenvalue weighted by Gasteiger charge is -2.04. The Bertz CT molecular complexity index is 506. The summed E-state index contributed by atoms with van der Waals surface area (Å²) in [4.78, 5) is 14.4. The third kappa shape index (κ3) is 2.85. The van der Waals surface area contributed by atoms with Crippen LogP contribution in [0.2, 0.25) is 0 Å². The van der Waals surface area contributed by atoms with Gasteiger partial charge in [-0.15, -0.1) is 0 Å². The van der Waals surface area contributed by atoms with Gasteiger partial charge in [-0.1, -0.05) is 24.3 Å². The number of aromatic nitrogens is 1. The van der Waals surface area contributed by atoms with Crippen LogP contribution in [0.1, 0.15) is 5.56 Å². The normalized spacial score (nSPS) is 9.83. The Kier molecular flexibility index (Phi) is 3.91. The van der Waals surface area contributed by atoms with E-state index in [9.17, 15) is 4.79 Å². The molecular weight excluding hydrogens is 228 g/mol. The number of nitrogens with one attached hydrogen (secondary N) is 1. The van der Waals surface area contributed by atoms with Crippen molar-refractivity contribution in [3.63, 3.8) is 0 Å². The Hall–Kier alpha value is -2.36. The number of hydrogen-bond acceptors (Lipinski definition) is 3. The third-order valence-electron chi connectivity index (χ3n) is 2.62. The average molecular weight is 242 g/mol. The van der Waals surface area contributed by atoms with Crippen LogP contribution in [-0.4, -0.2) is 18.5 Å². The van der Waals surface area contributed by atoms with Crippen LogP contribution in [0.5, 0.6) is 5.88 Å². The molecule has 2 rings (SSSR count). The van der Waals surface area contributed by atoms with Crippen molar-refractivity contribution in [1.82, 2.24) is 10.3 Å². The molecule has 0 fully saturated rings. The number of amides is 1. The lowest BCUT2D eigenvalue weighted by Crippen LogP contribution is -2.09. The van der Waals surface area contributed by atoms with Crippen LogP contribution in [0.4, 0.5) is 0 Å². The molecule has 0 saturated carbocycles. The lowest BCUT2D eigenvalue weighted by molar-refractivity contribution is -0.109. The Labute approximate surface area is 106 Å². The van der Waals surface area contributed by atoms with Gasteiger partial charge >= 0.3 is 0 Å². The first-order valence-electron chi connectivity index (χ1n) is 5.60. The standard InChI is InChI=1S/C14H14N2O2/c1-18-14-7-6-13(9-16-14)12-4-2-11(3-5-12)8-15-10-17/h2-7,9-10H,8H2,1H3,(H,15,17). The van der Waals surface area contributed by atoms with Crippen molar-refractivity contribution in [3.8, 4) is 17.0 Å². The van der Waals surface area contributed by atoms with Gasteiger partial charge in [0.1, 0.15) is 0 Å². The summed E-state index contributed by atoms with van der Waals surface area (Å²) in [5.41, 5.74) is 3.18. The van der Waals surface area contributed by atoms with E-state index in [1.807, 2.05) is 36.4 Å². The van der Waals surface area contributed by atoms with Gasteiger partial charge in [-0.05, 0) is 17.2 Å². The Morgan fingerprint density at radius 1 is 1.17 bits per heavy atom. The Morgan fingerprint density at radius 3 is 2.44 bits per heavy atom. The number of ether oxygens (including phenoxy) is 1. The number of methoxy groups -OCH3 is 1. The van der Waals surface area contributed by atoms with E-state index in [4.69, 9.17) is 4.74 Å². The van der Waals surface area contributed by atoms with Crippen LogP contribution in [0, 0.1) is 0 Å². The summed E-state index contributed by atoms with van der Waals surface area (Å²) >= 11 is 0. The molecule has 1 N–H and O–H groups in total. The molecule has 0 bridgehead atoms. The second kappa shape index (κ2) is 5.82.